The van der Waals surface area contributed by atoms with E-state index in [-0.39, 0.29) is 5.41 Å². The summed E-state index contributed by atoms with van der Waals surface area (Å²) in [7, 11) is 0. The van der Waals surface area contributed by atoms with Gasteiger partial charge in [-0.1, -0.05) is 209 Å². The van der Waals surface area contributed by atoms with Gasteiger partial charge in [-0.3, -0.25) is 0 Å². The van der Waals surface area contributed by atoms with Gasteiger partial charge in [0.2, 0.25) is 0 Å². The van der Waals surface area contributed by atoms with Crippen molar-refractivity contribution in [2.75, 3.05) is 9.80 Å². The number of rotatable bonds is 27. The second kappa shape index (κ2) is 26.4. The van der Waals surface area contributed by atoms with Crippen LogP contribution in [-0.2, 0) is 18.3 Å². The predicted molar refractivity (Wildman–Crippen MR) is 320 cm³/mol. The number of fused-ring (bicyclic) bond motifs is 3. The van der Waals surface area contributed by atoms with Crippen LogP contribution in [-0.4, -0.2) is 0 Å². The van der Waals surface area contributed by atoms with E-state index in [0.29, 0.717) is 5.92 Å². The van der Waals surface area contributed by atoms with Gasteiger partial charge in [-0.05, 0) is 187 Å². The van der Waals surface area contributed by atoms with Crippen LogP contribution in [0.4, 0.5) is 34.1 Å². The summed E-state index contributed by atoms with van der Waals surface area (Å²) in [5.41, 5.74) is 18.1. The zero-order valence-electron chi connectivity index (χ0n) is 44.2. The van der Waals surface area contributed by atoms with E-state index >= 15 is 0 Å². The molecular weight excluding hydrogens is 1000 g/mol. The molecule has 0 fully saturated rings. The second-order valence-electron chi connectivity index (χ2n) is 20.8. The molecule has 72 heavy (non-hydrogen) atoms. The summed E-state index contributed by atoms with van der Waals surface area (Å²) in [6, 6.07) is 60.9. The highest BCUT2D eigenvalue weighted by Crippen LogP contribution is 2.60. The van der Waals surface area contributed by atoms with Gasteiger partial charge < -0.3 is 9.80 Å². The number of anilines is 6. The zero-order valence-corrected chi connectivity index (χ0v) is 47.3. The van der Waals surface area contributed by atoms with Crippen molar-refractivity contribution in [1.82, 2.24) is 0 Å². The molecule has 7 aromatic carbocycles. The summed E-state index contributed by atoms with van der Waals surface area (Å²) in [6.07, 6.45) is 23.4. The molecule has 0 saturated heterocycles. The van der Waals surface area contributed by atoms with Crippen LogP contribution in [0.1, 0.15) is 176 Å². The van der Waals surface area contributed by atoms with Crippen LogP contribution < -0.4 is 9.80 Å². The molecule has 0 bridgehead atoms. The molecular formula is C68H80Br2N2. The molecule has 7 aromatic rings. The van der Waals surface area contributed by atoms with Gasteiger partial charge in [0.05, 0.1) is 0 Å². The van der Waals surface area contributed by atoms with Crippen molar-refractivity contribution >= 4 is 66.0 Å². The lowest BCUT2D eigenvalue weighted by Crippen LogP contribution is -2.34. The van der Waals surface area contributed by atoms with Crippen molar-refractivity contribution in [3.63, 3.8) is 0 Å². The van der Waals surface area contributed by atoms with E-state index in [0.717, 1.165) is 42.7 Å². The molecule has 0 aromatic heterocycles. The van der Waals surface area contributed by atoms with Crippen LogP contribution in [0.5, 0.6) is 0 Å². The minimum Gasteiger partial charge on any atom is -0.311 e. The largest absolute Gasteiger partial charge is 0.311 e. The molecule has 0 saturated carbocycles. The maximum atomic E-state index is 3.99. The molecule has 0 radical (unpaired) electrons. The summed E-state index contributed by atoms with van der Waals surface area (Å²) >= 11 is 7.97. The summed E-state index contributed by atoms with van der Waals surface area (Å²) in [4.78, 5) is 4.87. The minimum absolute atomic E-state index is 0.154. The fourth-order valence-electron chi connectivity index (χ4n) is 11.6. The van der Waals surface area contributed by atoms with Crippen molar-refractivity contribution in [2.45, 2.75) is 168 Å². The topological polar surface area (TPSA) is 6.48 Å². The normalized spacial score (nSPS) is 12.9. The van der Waals surface area contributed by atoms with Crippen molar-refractivity contribution < 1.29 is 0 Å². The molecule has 2 nitrogen and oxygen atoms in total. The Morgan fingerprint density at radius 3 is 1.18 bits per heavy atom. The lowest BCUT2D eigenvalue weighted by molar-refractivity contribution is 0.345. The SMILES string of the molecule is CCCCCCCCC1(C(CCCCCCC)c2ccc(N(c3ccc(C)cc3)c3ccc(N(c4ccc(CCCC)cc4)c4ccc(CCCC)cc4)cc3)cc2)c2cc(Br)ccc2-c2ccc(Br)cc21. The Morgan fingerprint density at radius 2 is 0.750 bits per heavy atom. The first-order valence-electron chi connectivity index (χ1n) is 27.9. The fourth-order valence-corrected chi connectivity index (χ4v) is 12.3. The summed E-state index contributed by atoms with van der Waals surface area (Å²) in [6.45, 7) is 11.4. The van der Waals surface area contributed by atoms with Gasteiger partial charge in [0.15, 0.2) is 0 Å². The Balaban J connectivity index is 1.19. The third-order valence-corrected chi connectivity index (χ3v) is 16.6. The smallest absolute Gasteiger partial charge is 0.0463 e. The van der Waals surface area contributed by atoms with E-state index < -0.39 is 0 Å². The van der Waals surface area contributed by atoms with Gasteiger partial charge in [0.25, 0.3) is 0 Å². The molecule has 0 spiro atoms. The second-order valence-corrected chi connectivity index (χ2v) is 22.6. The number of hydrogen-bond donors (Lipinski definition) is 0. The molecule has 1 aliphatic rings. The van der Waals surface area contributed by atoms with E-state index in [1.807, 2.05) is 0 Å². The maximum Gasteiger partial charge on any atom is 0.0463 e. The summed E-state index contributed by atoms with van der Waals surface area (Å²) in [5, 5.41) is 0. The van der Waals surface area contributed by atoms with Gasteiger partial charge >= 0.3 is 0 Å². The Morgan fingerprint density at radius 1 is 0.389 bits per heavy atom. The molecule has 0 aliphatic heterocycles. The standard InChI is InChI=1S/C68H80Br2N2/c1-6-10-14-16-18-20-48-68(66-49-55(69)32-46-63(66)64-47-33-56(70)50-67(64)68)65(23-19-17-15-11-7-2)54-30-40-60(41-31-54)71(57-34-24-51(5)25-35-57)61-42-44-62(45-43-61)72(58-36-26-52(27-37-58)21-12-8-3)59-38-28-53(29-39-59)22-13-9-4/h24-47,49-50,65H,6-23,48H2,1-5H3. The van der Waals surface area contributed by atoms with E-state index in [9.17, 15) is 0 Å². The Kier molecular flexibility index (Phi) is 19.5. The fraction of sp³-hybridized carbons (Fsp3) is 0.382. The number of unbranched alkanes of at least 4 members (excludes halogenated alkanes) is 11. The van der Waals surface area contributed by atoms with Crippen LogP contribution >= 0.6 is 31.9 Å². The summed E-state index contributed by atoms with van der Waals surface area (Å²) in [5.74, 6) is 0.312. The number of halogens is 2. The number of nitrogens with zero attached hydrogens (tertiary/aromatic N) is 2. The molecule has 1 aliphatic carbocycles. The predicted octanol–water partition coefficient (Wildman–Crippen LogP) is 22.3. The molecule has 376 valence electrons. The molecule has 1 atom stereocenters. The number of hydrogen-bond acceptors (Lipinski definition) is 2. The van der Waals surface area contributed by atoms with E-state index in [4.69, 9.17) is 0 Å². The third kappa shape index (κ3) is 12.7. The first kappa shape index (κ1) is 53.4. The molecule has 0 heterocycles. The Hall–Kier alpha value is -4.90. The lowest BCUT2D eigenvalue weighted by Gasteiger charge is -2.41. The van der Waals surface area contributed by atoms with Gasteiger partial charge in [-0.15, -0.1) is 0 Å². The highest BCUT2D eigenvalue weighted by molar-refractivity contribution is 9.10. The monoisotopic (exact) mass is 1080 g/mol. The van der Waals surface area contributed by atoms with Crippen molar-refractivity contribution in [1.29, 1.82) is 0 Å². The molecule has 8 rings (SSSR count). The van der Waals surface area contributed by atoms with Gasteiger partial charge in [0, 0.05) is 48.5 Å². The van der Waals surface area contributed by atoms with Crippen LogP contribution in [0.3, 0.4) is 0 Å². The minimum atomic E-state index is -0.154. The van der Waals surface area contributed by atoms with Gasteiger partial charge in [-0.25, -0.2) is 0 Å². The Bertz CT molecular complexity index is 2640. The van der Waals surface area contributed by atoms with Crippen molar-refractivity contribution in [3.05, 3.63) is 200 Å². The molecule has 0 amide bonds. The first-order valence-corrected chi connectivity index (χ1v) is 29.5. The van der Waals surface area contributed by atoms with E-state index in [1.54, 1.807) is 0 Å². The average molecular weight is 1090 g/mol. The Labute approximate surface area is 452 Å². The van der Waals surface area contributed by atoms with Crippen molar-refractivity contribution in [2.24, 2.45) is 0 Å². The molecule has 4 heteroatoms. The number of benzene rings is 7. The molecule has 1 unspecified atom stereocenters. The first-order chi connectivity index (χ1) is 35.3. The van der Waals surface area contributed by atoms with Crippen LogP contribution in [0.15, 0.2) is 167 Å². The number of aryl methyl sites for hydroxylation is 3. The highest BCUT2D eigenvalue weighted by atomic mass is 79.9. The van der Waals surface area contributed by atoms with Crippen LogP contribution in [0, 0.1) is 6.92 Å². The zero-order chi connectivity index (χ0) is 50.3. The van der Waals surface area contributed by atoms with Crippen LogP contribution in [0.25, 0.3) is 11.1 Å². The van der Waals surface area contributed by atoms with Gasteiger partial charge in [0.1, 0.15) is 0 Å². The molecule has 0 N–H and O–H groups in total. The maximum absolute atomic E-state index is 3.99. The quantitative estimate of drug-likeness (QED) is 0.0474. The third-order valence-electron chi connectivity index (χ3n) is 15.6. The lowest BCUT2D eigenvalue weighted by atomic mass is 9.62. The summed E-state index contributed by atoms with van der Waals surface area (Å²) < 4.78 is 2.34. The van der Waals surface area contributed by atoms with E-state index in [1.165, 1.54) is 167 Å². The van der Waals surface area contributed by atoms with Gasteiger partial charge in [-0.2, -0.15) is 0 Å². The van der Waals surface area contributed by atoms with Crippen LogP contribution in [0.2, 0.25) is 0 Å². The van der Waals surface area contributed by atoms with Crippen molar-refractivity contribution in [3.8, 4) is 11.1 Å². The average Bonchev–Trinajstić information content (AvgIpc) is 3.67. The van der Waals surface area contributed by atoms with E-state index in [2.05, 4.69) is 234 Å². The highest BCUT2D eigenvalue weighted by Gasteiger charge is 2.48.